The molecular weight excluding hydrogens is 363 g/mol. The number of aromatic nitrogens is 1. The highest BCUT2D eigenvalue weighted by Gasteiger charge is 2.19. The maximum Gasteiger partial charge on any atom is 0.134 e. The van der Waals surface area contributed by atoms with E-state index in [0.717, 1.165) is 28.0 Å². The fraction of sp³-hybridized carbons (Fsp3) is 0.308. The van der Waals surface area contributed by atoms with Crippen LogP contribution in [-0.4, -0.2) is 24.4 Å². The van der Waals surface area contributed by atoms with Gasteiger partial charge in [-0.15, -0.1) is 12.4 Å². The largest absolute Gasteiger partial charge is 0.496 e. The molecule has 0 radical (unpaired) electrons. The second-order valence-corrected chi connectivity index (χ2v) is 5.28. The van der Waals surface area contributed by atoms with Gasteiger partial charge in [0.05, 0.1) is 27.6 Å². The van der Waals surface area contributed by atoms with Crippen molar-refractivity contribution in [2.24, 2.45) is 4.99 Å². The van der Waals surface area contributed by atoms with E-state index in [-0.39, 0.29) is 12.4 Å². The van der Waals surface area contributed by atoms with Gasteiger partial charge in [0.1, 0.15) is 5.75 Å². The highest BCUT2D eigenvalue weighted by Crippen LogP contribution is 2.33. The molecular formula is C13H14ClIN2O. The van der Waals surface area contributed by atoms with E-state index >= 15 is 0 Å². The molecule has 0 amide bonds. The molecule has 1 aliphatic heterocycles. The molecule has 0 spiro atoms. The SMILES string of the molecule is COc1ccc2c3c([nH]c2c1I)C(C)=NCC3.Cl. The molecule has 96 valence electrons. The highest BCUT2D eigenvalue weighted by molar-refractivity contribution is 14.1. The van der Waals surface area contributed by atoms with Gasteiger partial charge in [-0.05, 0) is 53.6 Å². The van der Waals surface area contributed by atoms with E-state index in [9.17, 15) is 0 Å². The van der Waals surface area contributed by atoms with Gasteiger partial charge in [-0.25, -0.2) is 0 Å². The van der Waals surface area contributed by atoms with Crippen LogP contribution in [0.1, 0.15) is 18.2 Å². The van der Waals surface area contributed by atoms with Crippen LogP contribution in [0.2, 0.25) is 0 Å². The number of benzene rings is 1. The summed E-state index contributed by atoms with van der Waals surface area (Å²) in [6.07, 6.45) is 1.02. The standard InChI is InChI=1S/C13H13IN2O.ClH/c1-7-12-9(5-6-15-7)8-3-4-10(17-2)11(14)13(8)16-12;/h3-4,16H,5-6H2,1-2H3;1H. The van der Waals surface area contributed by atoms with E-state index in [2.05, 4.69) is 45.6 Å². The highest BCUT2D eigenvalue weighted by atomic mass is 127. The number of fused-ring (bicyclic) bond motifs is 3. The molecule has 3 rings (SSSR count). The second kappa shape index (κ2) is 5.09. The summed E-state index contributed by atoms with van der Waals surface area (Å²) < 4.78 is 6.50. The summed E-state index contributed by atoms with van der Waals surface area (Å²) in [5, 5.41) is 1.31. The monoisotopic (exact) mass is 376 g/mol. The average Bonchev–Trinajstić information content (AvgIpc) is 2.71. The van der Waals surface area contributed by atoms with Crippen molar-refractivity contribution in [3.8, 4) is 5.75 Å². The molecule has 1 N–H and O–H groups in total. The van der Waals surface area contributed by atoms with Gasteiger partial charge in [-0.3, -0.25) is 4.99 Å². The Morgan fingerprint density at radius 3 is 2.89 bits per heavy atom. The molecule has 0 atom stereocenters. The van der Waals surface area contributed by atoms with Crippen LogP contribution in [0.4, 0.5) is 0 Å². The van der Waals surface area contributed by atoms with Crippen molar-refractivity contribution in [2.75, 3.05) is 13.7 Å². The minimum absolute atomic E-state index is 0. The third-order valence-corrected chi connectivity index (χ3v) is 4.35. The Kier molecular flexibility index (Phi) is 3.87. The topological polar surface area (TPSA) is 37.4 Å². The number of hydrogen-bond acceptors (Lipinski definition) is 2. The first-order valence-electron chi connectivity index (χ1n) is 5.61. The van der Waals surface area contributed by atoms with Crippen molar-refractivity contribution in [1.29, 1.82) is 0 Å². The zero-order valence-corrected chi connectivity index (χ0v) is 13.2. The number of nitrogens with one attached hydrogen (secondary N) is 1. The number of rotatable bonds is 1. The molecule has 1 aliphatic rings. The Hall–Kier alpha value is -0.750. The number of nitrogens with zero attached hydrogens (tertiary/aromatic N) is 1. The van der Waals surface area contributed by atoms with Crippen LogP contribution in [0.15, 0.2) is 17.1 Å². The van der Waals surface area contributed by atoms with Crippen molar-refractivity contribution in [3.63, 3.8) is 0 Å². The maximum absolute atomic E-state index is 5.35. The number of hydrogen-bond donors (Lipinski definition) is 1. The van der Waals surface area contributed by atoms with E-state index < -0.39 is 0 Å². The molecule has 5 heteroatoms. The molecule has 0 fully saturated rings. The van der Waals surface area contributed by atoms with Crippen LogP contribution in [0.3, 0.4) is 0 Å². The van der Waals surface area contributed by atoms with Gasteiger partial charge in [-0.2, -0.15) is 0 Å². The van der Waals surface area contributed by atoms with Gasteiger partial charge in [0.15, 0.2) is 0 Å². The van der Waals surface area contributed by atoms with Crippen LogP contribution >= 0.6 is 35.0 Å². The van der Waals surface area contributed by atoms with Crippen LogP contribution in [0.25, 0.3) is 10.9 Å². The first kappa shape index (κ1) is 13.7. The summed E-state index contributed by atoms with van der Waals surface area (Å²) in [6.45, 7) is 2.96. The number of ether oxygens (including phenoxy) is 1. The first-order valence-corrected chi connectivity index (χ1v) is 6.68. The van der Waals surface area contributed by atoms with Crippen LogP contribution in [0, 0.1) is 3.57 Å². The van der Waals surface area contributed by atoms with Crippen LogP contribution in [0.5, 0.6) is 5.75 Å². The third-order valence-electron chi connectivity index (χ3n) is 3.28. The number of halogens is 2. The molecule has 0 aliphatic carbocycles. The van der Waals surface area contributed by atoms with Gasteiger partial charge in [0, 0.05) is 11.9 Å². The number of H-pyrrole nitrogens is 1. The molecule has 0 unspecified atom stereocenters. The number of methoxy groups -OCH3 is 1. The van der Waals surface area contributed by atoms with Crippen molar-refractivity contribution in [3.05, 3.63) is 27.0 Å². The summed E-state index contributed by atoms with van der Waals surface area (Å²) in [4.78, 5) is 7.98. The van der Waals surface area contributed by atoms with E-state index in [1.165, 1.54) is 22.2 Å². The van der Waals surface area contributed by atoms with Crippen LogP contribution < -0.4 is 4.74 Å². The summed E-state index contributed by atoms with van der Waals surface area (Å²) >= 11 is 2.33. The van der Waals surface area contributed by atoms with Crippen molar-refractivity contribution < 1.29 is 4.74 Å². The number of aromatic amines is 1. The maximum atomic E-state index is 5.35. The molecule has 0 bridgehead atoms. The van der Waals surface area contributed by atoms with Gasteiger partial charge < -0.3 is 9.72 Å². The van der Waals surface area contributed by atoms with Gasteiger partial charge in [-0.1, -0.05) is 0 Å². The summed E-state index contributed by atoms with van der Waals surface area (Å²) in [5.74, 6) is 0.922. The molecule has 2 aromatic rings. The molecule has 18 heavy (non-hydrogen) atoms. The second-order valence-electron chi connectivity index (χ2n) is 4.20. The molecule has 1 aromatic heterocycles. The molecule has 0 saturated heterocycles. The minimum atomic E-state index is 0. The molecule has 0 saturated carbocycles. The quantitative estimate of drug-likeness (QED) is 0.759. The Balaban J connectivity index is 0.00000120. The molecule has 3 nitrogen and oxygen atoms in total. The van der Waals surface area contributed by atoms with E-state index in [4.69, 9.17) is 4.74 Å². The Morgan fingerprint density at radius 1 is 1.39 bits per heavy atom. The Bertz CT molecular complexity index is 633. The lowest BCUT2D eigenvalue weighted by Gasteiger charge is -2.09. The fourth-order valence-electron chi connectivity index (χ4n) is 2.41. The predicted octanol–water partition coefficient (Wildman–Crippen LogP) is 3.57. The average molecular weight is 377 g/mol. The van der Waals surface area contributed by atoms with Crippen molar-refractivity contribution >= 4 is 51.6 Å². The minimum Gasteiger partial charge on any atom is -0.496 e. The lowest BCUT2D eigenvalue weighted by Crippen LogP contribution is -2.08. The zero-order chi connectivity index (χ0) is 12.0. The third kappa shape index (κ3) is 1.91. The molecule has 1 aromatic carbocycles. The van der Waals surface area contributed by atoms with Gasteiger partial charge in [0.25, 0.3) is 0 Å². The molecule has 2 heterocycles. The van der Waals surface area contributed by atoms with E-state index in [0.29, 0.717) is 0 Å². The normalized spacial score (nSPS) is 13.8. The van der Waals surface area contributed by atoms with Crippen LogP contribution in [-0.2, 0) is 6.42 Å². The lowest BCUT2D eigenvalue weighted by molar-refractivity contribution is 0.412. The van der Waals surface area contributed by atoms with Crippen molar-refractivity contribution in [1.82, 2.24) is 4.98 Å². The summed E-state index contributed by atoms with van der Waals surface area (Å²) in [5.41, 5.74) is 4.87. The number of aliphatic imine (C=N–C) groups is 1. The zero-order valence-electron chi connectivity index (χ0n) is 10.2. The fourth-order valence-corrected chi connectivity index (χ4v) is 3.23. The van der Waals surface area contributed by atoms with Gasteiger partial charge >= 0.3 is 0 Å². The first-order chi connectivity index (χ1) is 8.22. The smallest absolute Gasteiger partial charge is 0.134 e. The Labute approximate surface area is 126 Å². The summed E-state index contributed by atoms with van der Waals surface area (Å²) in [6, 6.07) is 4.18. The Morgan fingerprint density at radius 2 is 2.17 bits per heavy atom. The van der Waals surface area contributed by atoms with Crippen molar-refractivity contribution in [2.45, 2.75) is 13.3 Å². The summed E-state index contributed by atoms with van der Waals surface area (Å²) in [7, 11) is 1.71. The van der Waals surface area contributed by atoms with Gasteiger partial charge in [0.2, 0.25) is 0 Å². The predicted molar refractivity (Wildman–Crippen MR) is 85.6 cm³/mol. The van der Waals surface area contributed by atoms with E-state index in [1.54, 1.807) is 7.11 Å². The lowest BCUT2D eigenvalue weighted by atomic mass is 10.0. The van der Waals surface area contributed by atoms with E-state index in [1.807, 2.05) is 6.07 Å².